The van der Waals surface area contributed by atoms with E-state index in [1.807, 2.05) is 0 Å². The first kappa shape index (κ1) is 24.0. The van der Waals surface area contributed by atoms with Crippen LogP contribution in [0.2, 0.25) is 0 Å². The Morgan fingerprint density at radius 1 is 0.848 bits per heavy atom. The molecule has 188 valence electrons. The Labute approximate surface area is 200 Å². The molecule has 5 fully saturated rings. The fraction of sp³-hybridized carbons (Fsp3) is 0.960. The number of amides is 1. The molecule has 7 nitrogen and oxygen atoms in total. The van der Waals surface area contributed by atoms with Gasteiger partial charge in [0.15, 0.2) is 0 Å². The Hall–Kier alpha value is -0.700. The van der Waals surface area contributed by atoms with E-state index in [1.165, 1.54) is 19.3 Å². The summed E-state index contributed by atoms with van der Waals surface area (Å²) in [6.45, 7) is 6.40. The maximum atomic E-state index is 13.3. The molecule has 1 N–H and O–H groups in total. The van der Waals surface area contributed by atoms with Crippen LogP contribution in [-0.2, 0) is 14.8 Å². The average molecular weight is 481 g/mol. The van der Waals surface area contributed by atoms with Gasteiger partial charge in [0, 0.05) is 44.8 Å². The smallest absolute Gasteiger partial charge is 0.228 e. The molecule has 5 rings (SSSR count). The van der Waals surface area contributed by atoms with Crippen molar-refractivity contribution in [3.05, 3.63) is 0 Å². The monoisotopic (exact) mass is 480 g/mol. The minimum absolute atomic E-state index is 0.0573. The van der Waals surface area contributed by atoms with Gasteiger partial charge in [0.1, 0.15) is 0 Å². The van der Waals surface area contributed by atoms with Crippen LogP contribution in [0.15, 0.2) is 0 Å². The number of piperidine rings is 2. The van der Waals surface area contributed by atoms with E-state index in [0.29, 0.717) is 48.5 Å². The van der Waals surface area contributed by atoms with Crippen molar-refractivity contribution in [2.75, 3.05) is 38.5 Å². The van der Waals surface area contributed by atoms with Crippen molar-refractivity contribution < 1.29 is 13.2 Å². The van der Waals surface area contributed by atoms with Crippen LogP contribution in [0, 0.1) is 23.7 Å². The Morgan fingerprint density at radius 2 is 1.52 bits per heavy atom. The van der Waals surface area contributed by atoms with Gasteiger partial charge in [0.05, 0.1) is 11.7 Å². The standard InChI is InChI=1S/C25H44N4O3S/c1-19-24(25(30)27-12-5-6-13-27)23-17-22(11-16-29(23)26-19)21-9-14-28(15-10-21)33(31,32)18-20-7-3-2-4-8-20/h19-24,26H,2-18H2,1H3. The number of likely N-dealkylation sites (tertiary alicyclic amines) is 1. The molecule has 1 aliphatic carbocycles. The molecule has 33 heavy (non-hydrogen) atoms. The Bertz CT molecular complexity index is 785. The molecule has 0 aromatic rings. The van der Waals surface area contributed by atoms with Crippen LogP contribution in [0.25, 0.3) is 0 Å². The van der Waals surface area contributed by atoms with E-state index < -0.39 is 10.0 Å². The van der Waals surface area contributed by atoms with Crippen LogP contribution < -0.4 is 5.43 Å². The van der Waals surface area contributed by atoms with Gasteiger partial charge in [0.2, 0.25) is 15.9 Å². The van der Waals surface area contributed by atoms with Gasteiger partial charge in [-0.25, -0.2) is 17.7 Å². The molecule has 5 aliphatic rings. The van der Waals surface area contributed by atoms with Crippen molar-refractivity contribution in [1.82, 2.24) is 19.6 Å². The van der Waals surface area contributed by atoms with E-state index in [-0.39, 0.29) is 12.0 Å². The summed E-state index contributed by atoms with van der Waals surface area (Å²) in [5, 5.41) is 2.35. The maximum Gasteiger partial charge on any atom is 0.228 e. The summed E-state index contributed by atoms with van der Waals surface area (Å²) in [5.74, 6) is 2.34. The second kappa shape index (κ2) is 10.1. The van der Waals surface area contributed by atoms with Gasteiger partial charge in [-0.1, -0.05) is 19.3 Å². The quantitative estimate of drug-likeness (QED) is 0.655. The number of carbonyl (C=O) groups excluding carboxylic acids is 1. The van der Waals surface area contributed by atoms with Crippen molar-refractivity contribution in [3.63, 3.8) is 0 Å². The molecule has 0 aromatic carbocycles. The number of carbonyl (C=O) groups is 1. The highest BCUT2D eigenvalue weighted by molar-refractivity contribution is 7.89. The van der Waals surface area contributed by atoms with Crippen molar-refractivity contribution >= 4 is 15.9 Å². The average Bonchev–Trinajstić information content (AvgIpc) is 3.46. The predicted octanol–water partition coefficient (Wildman–Crippen LogP) is 2.83. The number of nitrogens with one attached hydrogen (secondary N) is 1. The predicted molar refractivity (Wildman–Crippen MR) is 130 cm³/mol. The van der Waals surface area contributed by atoms with Crippen molar-refractivity contribution in [3.8, 4) is 0 Å². The zero-order valence-corrected chi connectivity index (χ0v) is 21.3. The lowest BCUT2D eigenvalue weighted by molar-refractivity contribution is -0.136. The lowest BCUT2D eigenvalue weighted by Crippen LogP contribution is -2.49. The molecule has 1 saturated carbocycles. The van der Waals surface area contributed by atoms with Crippen molar-refractivity contribution in [2.24, 2.45) is 23.7 Å². The molecule has 0 radical (unpaired) electrons. The first-order valence-corrected chi connectivity index (χ1v) is 15.3. The molecule has 4 unspecified atom stereocenters. The third-order valence-corrected chi connectivity index (χ3v) is 11.5. The van der Waals surface area contributed by atoms with E-state index in [4.69, 9.17) is 0 Å². The number of nitrogens with zero attached hydrogens (tertiary/aromatic N) is 3. The summed E-state index contributed by atoms with van der Waals surface area (Å²) >= 11 is 0. The zero-order chi connectivity index (χ0) is 23.0. The fourth-order valence-corrected chi connectivity index (χ4v) is 9.45. The number of hydrazine groups is 1. The van der Waals surface area contributed by atoms with E-state index in [1.54, 1.807) is 4.31 Å². The highest BCUT2D eigenvalue weighted by Crippen LogP contribution is 2.40. The summed E-state index contributed by atoms with van der Waals surface area (Å²) < 4.78 is 27.9. The van der Waals surface area contributed by atoms with E-state index in [2.05, 4.69) is 22.3 Å². The first-order valence-electron chi connectivity index (χ1n) is 13.7. The molecular weight excluding hydrogens is 436 g/mol. The number of hydrogen-bond acceptors (Lipinski definition) is 5. The summed E-state index contributed by atoms with van der Waals surface area (Å²) in [6, 6.07) is 0.494. The fourth-order valence-electron chi connectivity index (χ4n) is 7.54. The Balaban J connectivity index is 1.16. The highest BCUT2D eigenvalue weighted by Gasteiger charge is 2.49. The minimum Gasteiger partial charge on any atom is -0.342 e. The Kier molecular flexibility index (Phi) is 7.36. The van der Waals surface area contributed by atoms with E-state index in [0.717, 1.165) is 71.0 Å². The second-order valence-electron chi connectivity index (χ2n) is 11.5. The summed E-state index contributed by atoms with van der Waals surface area (Å²) in [5.41, 5.74) is 3.60. The third-order valence-electron chi connectivity index (χ3n) is 9.44. The molecule has 0 spiro atoms. The molecule has 0 bridgehead atoms. The molecule has 8 heteroatoms. The lowest BCUT2D eigenvalue weighted by Gasteiger charge is -2.42. The van der Waals surface area contributed by atoms with Gasteiger partial charge in [-0.3, -0.25) is 10.2 Å². The molecule has 4 atom stereocenters. The van der Waals surface area contributed by atoms with Gasteiger partial charge >= 0.3 is 0 Å². The van der Waals surface area contributed by atoms with Crippen molar-refractivity contribution in [1.29, 1.82) is 0 Å². The first-order chi connectivity index (χ1) is 15.9. The molecule has 4 saturated heterocycles. The van der Waals surface area contributed by atoms with Crippen molar-refractivity contribution in [2.45, 2.75) is 89.6 Å². The molecular formula is C25H44N4O3S. The van der Waals surface area contributed by atoms with Crippen LogP contribution in [0.1, 0.15) is 77.6 Å². The molecule has 4 aliphatic heterocycles. The van der Waals surface area contributed by atoms with Crippen LogP contribution in [0.4, 0.5) is 0 Å². The SMILES string of the molecule is CC1NN2CCC(C3CCN(S(=O)(=O)CC4CCCCC4)CC3)CC2C1C(=O)N1CCCC1. The lowest BCUT2D eigenvalue weighted by atomic mass is 9.74. The van der Waals surface area contributed by atoms with Gasteiger partial charge in [0.25, 0.3) is 0 Å². The normalized spacial score (nSPS) is 35.7. The summed E-state index contributed by atoms with van der Waals surface area (Å²) in [4.78, 5) is 15.4. The van der Waals surface area contributed by atoms with Crippen LogP contribution in [0.3, 0.4) is 0 Å². The van der Waals surface area contributed by atoms with Gasteiger partial charge in [-0.2, -0.15) is 0 Å². The minimum atomic E-state index is -3.12. The van der Waals surface area contributed by atoms with Gasteiger partial charge < -0.3 is 4.90 Å². The van der Waals surface area contributed by atoms with Crippen LogP contribution >= 0.6 is 0 Å². The highest BCUT2D eigenvalue weighted by atomic mass is 32.2. The number of hydrogen-bond donors (Lipinski definition) is 1. The molecule has 1 amide bonds. The van der Waals surface area contributed by atoms with Crippen LogP contribution in [0.5, 0.6) is 0 Å². The second-order valence-corrected chi connectivity index (χ2v) is 13.6. The number of fused-ring (bicyclic) bond motifs is 1. The largest absolute Gasteiger partial charge is 0.342 e. The topological polar surface area (TPSA) is 73.0 Å². The third kappa shape index (κ3) is 5.14. The molecule has 0 aromatic heterocycles. The van der Waals surface area contributed by atoms with Gasteiger partial charge in [-0.05, 0) is 76.0 Å². The Morgan fingerprint density at radius 3 is 2.21 bits per heavy atom. The summed E-state index contributed by atoms with van der Waals surface area (Å²) in [7, 11) is -3.12. The van der Waals surface area contributed by atoms with Gasteiger partial charge in [-0.15, -0.1) is 0 Å². The number of sulfonamides is 1. The van der Waals surface area contributed by atoms with Crippen LogP contribution in [-0.4, -0.2) is 79.1 Å². The van der Waals surface area contributed by atoms with E-state index >= 15 is 0 Å². The van der Waals surface area contributed by atoms with E-state index in [9.17, 15) is 13.2 Å². The zero-order valence-electron chi connectivity index (χ0n) is 20.5. The number of rotatable bonds is 5. The molecule has 4 heterocycles. The maximum absolute atomic E-state index is 13.3. The summed E-state index contributed by atoms with van der Waals surface area (Å²) in [6.07, 6.45) is 12.3.